The van der Waals surface area contributed by atoms with E-state index < -0.39 is 0 Å². The molecule has 3 N–H and O–H groups in total. The second-order valence-electron chi connectivity index (χ2n) is 4.99. The Morgan fingerprint density at radius 1 is 1.35 bits per heavy atom. The number of ether oxygens (including phenoxy) is 1. The monoisotopic (exact) mass is 277 g/mol. The molecule has 0 unspecified atom stereocenters. The molecule has 1 aliphatic heterocycles. The van der Waals surface area contributed by atoms with Crippen molar-refractivity contribution in [2.75, 3.05) is 37.3 Å². The molecular formula is C15H23N3O2. The molecule has 20 heavy (non-hydrogen) atoms. The van der Waals surface area contributed by atoms with Crippen molar-refractivity contribution in [3.05, 3.63) is 18.2 Å². The third kappa shape index (κ3) is 4.05. The lowest BCUT2D eigenvalue weighted by Gasteiger charge is -2.16. The third-order valence-electron chi connectivity index (χ3n) is 3.37. The highest BCUT2D eigenvalue weighted by atomic mass is 16.5. The van der Waals surface area contributed by atoms with E-state index in [2.05, 4.69) is 5.32 Å². The lowest BCUT2D eigenvalue weighted by molar-refractivity contribution is -0.129. The van der Waals surface area contributed by atoms with Gasteiger partial charge in [0, 0.05) is 49.6 Å². The molecule has 0 bridgehead atoms. The van der Waals surface area contributed by atoms with Crippen molar-refractivity contribution in [1.29, 1.82) is 0 Å². The number of benzene rings is 1. The first kappa shape index (κ1) is 14.5. The molecule has 1 aliphatic rings. The van der Waals surface area contributed by atoms with Gasteiger partial charge < -0.3 is 20.7 Å². The summed E-state index contributed by atoms with van der Waals surface area (Å²) in [7, 11) is 0. The molecule has 2 rings (SSSR count). The summed E-state index contributed by atoms with van der Waals surface area (Å²) >= 11 is 0. The van der Waals surface area contributed by atoms with Gasteiger partial charge in [-0.25, -0.2) is 0 Å². The number of nitrogens with zero attached hydrogens (tertiary/aromatic N) is 1. The zero-order valence-electron chi connectivity index (χ0n) is 12.0. The molecule has 1 amide bonds. The van der Waals surface area contributed by atoms with Crippen LogP contribution in [0.5, 0.6) is 5.75 Å². The van der Waals surface area contributed by atoms with Crippen molar-refractivity contribution in [1.82, 2.24) is 4.90 Å². The molecule has 1 aromatic rings. The fourth-order valence-corrected chi connectivity index (χ4v) is 2.41. The maximum absolute atomic E-state index is 11.9. The SMILES string of the molecule is CCOc1cc(N)cc(NCCC(=O)N2CCCC2)c1. The number of rotatable bonds is 6. The average molecular weight is 277 g/mol. The molecule has 1 aromatic carbocycles. The Kier molecular flexibility index (Phi) is 5.09. The van der Waals surface area contributed by atoms with Crippen molar-refractivity contribution in [2.45, 2.75) is 26.2 Å². The molecule has 5 nitrogen and oxygen atoms in total. The van der Waals surface area contributed by atoms with Crippen molar-refractivity contribution in [3.63, 3.8) is 0 Å². The maximum atomic E-state index is 11.9. The lowest BCUT2D eigenvalue weighted by Crippen LogP contribution is -2.29. The molecule has 0 aromatic heterocycles. The minimum Gasteiger partial charge on any atom is -0.494 e. The zero-order chi connectivity index (χ0) is 14.4. The predicted octanol–water partition coefficient (Wildman–Crippen LogP) is 2.09. The van der Waals surface area contributed by atoms with Gasteiger partial charge in [0.2, 0.25) is 5.91 Å². The predicted molar refractivity (Wildman–Crippen MR) is 80.9 cm³/mol. The smallest absolute Gasteiger partial charge is 0.224 e. The Morgan fingerprint density at radius 2 is 2.10 bits per heavy atom. The molecular weight excluding hydrogens is 254 g/mol. The number of carbonyl (C=O) groups is 1. The first-order chi connectivity index (χ1) is 9.69. The first-order valence-electron chi connectivity index (χ1n) is 7.24. The van der Waals surface area contributed by atoms with Gasteiger partial charge in [0.05, 0.1) is 6.61 Å². The van der Waals surface area contributed by atoms with Crippen LogP contribution < -0.4 is 15.8 Å². The van der Waals surface area contributed by atoms with Crippen molar-refractivity contribution < 1.29 is 9.53 Å². The van der Waals surface area contributed by atoms with Crippen LogP contribution in [0.25, 0.3) is 0 Å². The minimum atomic E-state index is 0.226. The molecule has 1 fully saturated rings. The van der Waals surface area contributed by atoms with Gasteiger partial charge in [-0.1, -0.05) is 0 Å². The van der Waals surface area contributed by atoms with Gasteiger partial charge in [-0.3, -0.25) is 4.79 Å². The number of amides is 1. The molecule has 110 valence electrons. The van der Waals surface area contributed by atoms with Crippen LogP contribution in [0.15, 0.2) is 18.2 Å². The Bertz CT molecular complexity index is 456. The topological polar surface area (TPSA) is 67.6 Å². The van der Waals surface area contributed by atoms with Crippen LogP contribution in [-0.4, -0.2) is 37.0 Å². The number of anilines is 2. The Morgan fingerprint density at radius 3 is 2.80 bits per heavy atom. The number of nitrogens with two attached hydrogens (primary N) is 1. The summed E-state index contributed by atoms with van der Waals surface area (Å²) < 4.78 is 5.44. The van der Waals surface area contributed by atoms with E-state index in [1.54, 1.807) is 6.07 Å². The summed E-state index contributed by atoms with van der Waals surface area (Å²) in [6.45, 7) is 4.98. The van der Waals surface area contributed by atoms with Crippen LogP contribution in [0.4, 0.5) is 11.4 Å². The molecule has 0 spiro atoms. The van der Waals surface area contributed by atoms with E-state index >= 15 is 0 Å². The highest BCUT2D eigenvalue weighted by molar-refractivity contribution is 5.77. The van der Waals surface area contributed by atoms with Crippen LogP contribution in [0, 0.1) is 0 Å². The van der Waals surface area contributed by atoms with E-state index in [0.29, 0.717) is 25.3 Å². The number of likely N-dealkylation sites (tertiary alicyclic amines) is 1. The zero-order valence-corrected chi connectivity index (χ0v) is 12.0. The van der Waals surface area contributed by atoms with Crippen molar-refractivity contribution in [3.8, 4) is 5.75 Å². The van der Waals surface area contributed by atoms with Gasteiger partial charge in [0.25, 0.3) is 0 Å². The van der Waals surface area contributed by atoms with Gasteiger partial charge in [-0.05, 0) is 25.8 Å². The molecule has 0 atom stereocenters. The number of hydrogen-bond acceptors (Lipinski definition) is 4. The Labute approximate surface area is 120 Å². The first-order valence-corrected chi connectivity index (χ1v) is 7.24. The van der Waals surface area contributed by atoms with E-state index in [4.69, 9.17) is 10.5 Å². The van der Waals surface area contributed by atoms with E-state index in [-0.39, 0.29) is 5.91 Å². The molecule has 0 radical (unpaired) electrons. The molecule has 0 aliphatic carbocycles. The molecule has 5 heteroatoms. The van der Waals surface area contributed by atoms with Gasteiger partial charge in [-0.15, -0.1) is 0 Å². The fraction of sp³-hybridized carbons (Fsp3) is 0.533. The Hall–Kier alpha value is -1.91. The minimum absolute atomic E-state index is 0.226. The van der Waals surface area contributed by atoms with Crippen LogP contribution in [0.3, 0.4) is 0 Å². The van der Waals surface area contributed by atoms with Crippen LogP contribution in [0.1, 0.15) is 26.2 Å². The van der Waals surface area contributed by atoms with Gasteiger partial charge in [0.1, 0.15) is 5.75 Å². The van der Waals surface area contributed by atoms with Crippen molar-refractivity contribution in [2.24, 2.45) is 0 Å². The van der Waals surface area contributed by atoms with Crippen molar-refractivity contribution >= 4 is 17.3 Å². The van der Waals surface area contributed by atoms with Gasteiger partial charge >= 0.3 is 0 Å². The Balaban J connectivity index is 1.82. The van der Waals surface area contributed by atoms with Crippen LogP contribution in [0.2, 0.25) is 0 Å². The number of nitrogen functional groups attached to an aromatic ring is 1. The van der Waals surface area contributed by atoms with E-state index in [1.807, 2.05) is 24.0 Å². The normalized spacial score (nSPS) is 14.3. The summed E-state index contributed by atoms with van der Waals surface area (Å²) in [5.41, 5.74) is 7.37. The third-order valence-corrected chi connectivity index (χ3v) is 3.37. The average Bonchev–Trinajstić information content (AvgIpc) is 2.92. The maximum Gasteiger partial charge on any atom is 0.224 e. The molecule has 1 heterocycles. The number of carbonyl (C=O) groups excluding carboxylic acids is 1. The summed E-state index contributed by atoms with van der Waals surface area (Å²) in [5, 5.41) is 3.23. The quantitative estimate of drug-likeness (QED) is 0.781. The number of nitrogens with one attached hydrogen (secondary N) is 1. The second kappa shape index (κ2) is 7.03. The summed E-state index contributed by atoms with van der Waals surface area (Å²) in [4.78, 5) is 13.8. The van der Waals surface area contributed by atoms with Crippen LogP contribution >= 0.6 is 0 Å². The second-order valence-corrected chi connectivity index (χ2v) is 4.99. The summed E-state index contributed by atoms with van der Waals surface area (Å²) in [5.74, 6) is 0.977. The molecule has 0 saturated carbocycles. The van der Waals surface area contributed by atoms with Crippen LogP contribution in [-0.2, 0) is 4.79 Å². The highest BCUT2D eigenvalue weighted by Crippen LogP contribution is 2.22. The van der Waals surface area contributed by atoms with Gasteiger partial charge in [-0.2, -0.15) is 0 Å². The summed E-state index contributed by atoms with van der Waals surface area (Å²) in [6.07, 6.45) is 2.77. The van der Waals surface area contributed by atoms with E-state index in [0.717, 1.165) is 37.4 Å². The van der Waals surface area contributed by atoms with Gasteiger partial charge in [0.15, 0.2) is 0 Å². The standard InChI is InChI=1S/C15H23N3O2/c1-2-20-14-10-12(16)9-13(11-14)17-6-5-15(19)18-7-3-4-8-18/h9-11,17H,2-8,16H2,1H3. The largest absolute Gasteiger partial charge is 0.494 e. The highest BCUT2D eigenvalue weighted by Gasteiger charge is 2.16. The number of hydrogen-bond donors (Lipinski definition) is 2. The van der Waals surface area contributed by atoms with E-state index in [9.17, 15) is 4.79 Å². The fourth-order valence-electron chi connectivity index (χ4n) is 2.41. The molecule has 1 saturated heterocycles. The lowest BCUT2D eigenvalue weighted by atomic mass is 10.2. The van der Waals surface area contributed by atoms with E-state index in [1.165, 1.54) is 0 Å². The summed E-state index contributed by atoms with van der Waals surface area (Å²) in [6, 6.07) is 5.55.